The number of carboxylic acids is 1. The van der Waals surface area contributed by atoms with Crippen LogP contribution in [0.3, 0.4) is 0 Å². The lowest BCUT2D eigenvalue weighted by Gasteiger charge is -2.15. The van der Waals surface area contributed by atoms with Crippen LogP contribution in [0.5, 0.6) is 0 Å². The van der Waals surface area contributed by atoms with Crippen molar-refractivity contribution in [1.82, 2.24) is 10.3 Å². The summed E-state index contributed by atoms with van der Waals surface area (Å²) < 4.78 is 0. The highest BCUT2D eigenvalue weighted by Crippen LogP contribution is 2.12. The van der Waals surface area contributed by atoms with E-state index < -0.39 is 17.9 Å². The minimum Gasteiger partial charge on any atom is -0.480 e. The molecule has 0 fully saturated rings. The van der Waals surface area contributed by atoms with Gasteiger partial charge in [0.05, 0.1) is 0 Å². The molecule has 0 aliphatic heterocycles. The van der Waals surface area contributed by atoms with Crippen molar-refractivity contribution in [3.63, 3.8) is 0 Å². The van der Waals surface area contributed by atoms with E-state index in [9.17, 15) is 14.7 Å². The quantitative estimate of drug-likeness (QED) is 0.886. The first-order chi connectivity index (χ1) is 10.5. The summed E-state index contributed by atoms with van der Waals surface area (Å²) in [7, 11) is 0. The van der Waals surface area contributed by atoms with Gasteiger partial charge in [-0.15, -0.1) is 0 Å². The van der Waals surface area contributed by atoms with Gasteiger partial charge in [-0.05, 0) is 42.7 Å². The monoisotopic (exact) mass is 298 g/mol. The molecule has 22 heavy (non-hydrogen) atoms. The average molecular weight is 298 g/mol. The van der Waals surface area contributed by atoms with Crippen molar-refractivity contribution < 1.29 is 14.7 Å². The Balaban J connectivity index is 2.12. The van der Waals surface area contributed by atoms with Crippen LogP contribution < -0.4 is 5.32 Å². The van der Waals surface area contributed by atoms with Crippen LogP contribution in [0.25, 0.3) is 0 Å². The number of nitrogens with zero attached hydrogens (tertiary/aromatic N) is 1. The van der Waals surface area contributed by atoms with E-state index in [1.165, 1.54) is 12.4 Å². The summed E-state index contributed by atoms with van der Waals surface area (Å²) in [6.45, 7) is 3.98. The molecule has 2 aromatic rings. The Morgan fingerprint density at radius 1 is 1.14 bits per heavy atom. The summed E-state index contributed by atoms with van der Waals surface area (Å²) in [4.78, 5) is 27.3. The molecule has 1 atom stereocenters. The Hall–Kier alpha value is -2.69. The number of aromatic nitrogens is 1. The number of carbonyl (C=O) groups is 2. The van der Waals surface area contributed by atoms with Crippen molar-refractivity contribution in [1.29, 1.82) is 0 Å². The lowest BCUT2D eigenvalue weighted by molar-refractivity contribution is -0.139. The zero-order chi connectivity index (χ0) is 16.1. The molecule has 1 heterocycles. The number of amides is 1. The molecule has 1 amide bonds. The molecule has 0 aliphatic rings. The van der Waals surface area contributed by atoms with E-state index in [-0.39, 0.29) is 6.42 Å². The van der Waals surface area contributed by atoms with Gasteiger partial charge < -0.3 is 10.4 Å². The van der Waals surface area contributed by atoms with Crippen LogP contribution >= 0.6 is 0 Å². The number of hydrogen-bond acceptors (Lipinski definition) is 3. The van der Waals surface area contributed by atoms with Crippen LogP contribution in [0.1, 0.15) is 27.0 Å². The SMILES string of the molecule is Cc1ccc(C[C@@H](NC(=O)c2ccncc2)C(=O)O)cc1C. The minimum atomic E-state index is -1.05. The Bertz CT molecular complexity index is 684. The molecule has 1 aromatic heterocycles. The molecule has 5 heteroatoms. The van der Waals surface area contributed by atoms with E-state index in [4.69, 9.17) is 0 Å². The molecule has 2 N–H and O–H groups in total. The van der Waals surface area contributed by atoms with Crippen LogP contribution in [0.4, 0.5) is 0 Å². The summed E-state index contributed by atoms with van der Waals surface area (Å²) >= 11 is 0. The lowest BCUT2D eigenvalue weighted by Crippen LogP contribution is -2.42. The first-order valence-corrected chi connectivity index (χ1v) is 6.97. The Morgan fingerprint density at radius 3 is 2.41 bits per heavy atom. The van der Waals surface area contributed by atoms with Crippen molar-refractivity contribution in [3.05, 3.63) is 65.0 Å². The van der Waals surface area contributed by atoms with Gasteiger partial charge in [0.1, 0.15) is 6.04 Å². The number of carboxylic acid groups (broad SMARTS) is 1. The highest BCUT2D eigenvalue weighted by Gasteiger charge is 2.21. The van der Waals surface area contributed by atoms with E-state index in [0.717, 1.165) is 16.7 Å². The minimum absolute atomic E-state index is 0.243. The number of carbonyl (C=O) groups excluding carboxylic acids is 1. The second-order valence-electron chi connectivity index (χ2n) is 5.22. The van der Waals surface area contributed by atoms with Gasteiger partial charge >= 0.3 is 5.97 Å². The topological polar surface area (TPSA) is 79.3 Å². The standard InChI is InChI=1S/C17H18N2O3/c1-11-3-4-13(9-12(11)2)10-15(17(21)22)19-16(20)14-5-7-18-8-6-14/h3-9,15H,10H2,1-2H3,(H,19,20)(H,21,22)/t15-/m1/s1. The number of hydrogen-bond donors (Lipinski definition) is 2. The van der Waals surface area contributed by atoms with Gasteiger partial charge in [-0.3, -0.25) is 9.78 Å². The fraction of sp³-hybridized carbons (Fsp3) is 0.235. The first-order valence-electron chi connectivity index (χ1n) is 6.97. The predicted octanol–water partition coefficient (Wildman–Crippen LogP) is 2.12. The Morgan fingerprint density at radius 2 is 1.82 bits per heavy atom. The molecule has 0 saturated carbocycles. The van der Waals surface area contributed by atoms with Crippen LogP contribution in [-0.2, 0) is 11.2 Å². The number of pyridine rings is 1. The van der Waals surface area contributed by atoms with Crippen molar-refractivity contribution in [3.8, 4) is 0 Å². The smallest absolute Gasteiger partial charge is 0.326 e. The van der Waals surface area contributed by atoms with E-state index >= 15 is 0 Å². The van der Waals surface area contributed by atoms with Gasteiger partial charge in [0.2, 0.25) is 0 Å². The van der Waals surface area contributed by atoms with Gasteiger partial charge in [-0.2, -0.15) is 0 Å². The largest absolute Gasteiger partial charge is 0.480 e. The maximum absolute atomic E-state index is 12.1. The lowest BCUT2D eigenvalue weighted by atomic mass is 10.0. The van der Waals surface area contributed by atoms with E-state index in [1.54, 1.807) is 12.1 Å². The molecule has 0 bridgehead atoms. The summed E-state index contributed by atoms with van der Waals surface area (Å²) in [5, 5.41) is 11.9. The average Bonchev–Trinajstić information content (AvgIpc) is 2.51. The summed E-state index contributed by atoms with van der Waals surface area (Å²) in [5.74, 6) is -1.47. The third-order valence-corrected chi connectivity index (χ3v) is 3.56. The second-order valence-corrected chi connectivity index (χ2v) is 5.22. The summed E-state index contributed by atoms with van der Waals surface area (Å²) in [5.41, 5.74) is 3.52. The third-order valence-electron chi connectivity index (χ3n) is 3.56. The zero-order valence-corrected chi connectivity index (χ0v) is 12.5. The number of nitrogens with one attached hydrogen (secondary N) is 1. The maximum atomic E-state index is 12.1. The Labute approximate surface area is 129 Å². The van der Waals surface area contributed by atoms with E-state index in [1.807, 2.05) is 32.0 Å². The van der Waals surface area contributed by atoms with Crippen LogP contribution in [-0.4, -0.2) is 28.0 Å². The normalized spacial score (nSPS) is 11.7. The third kappa shape index (κ3) is 3.91. The van der Waals surface area contributed by atoms with Crippen molar-refractivity contribution in [2.24, 2.45) is 0 Å². The van der Waals surface area contributed by atoms with Crippen LogP contribution in [0, 0.1) is 13.8 Å². The van der Waals surface area contributed by atoms with Gasteiger partial charge in [0, 0.05) is 24.4 Å². The predicted molar refractivity (Wildman–Crippen MR) is 82.7 cm³/mol. The number of aliphatic carboxylic acids is 1. The van der Waals surface area contributed by atoms with E-state index in [2.05, 4.69) is 10.3 Å². The molecule has 0 spiro atoms. The molecular formula is C17H18N2O3. The first kappa shape index (κ1) is 15.7. The van der Waals surface area contributed by atoms with Gasteiger partial charge in [0.15, 0.2) is 0 Å². The number of rotatable bonds is 5. The van der Waals surface area contributed by atoms with E-state index in [0.29, 0.717) is 5.56 Å². The Kier molecular flexibility index (Phi) is 4.88. The van der Waals surface area contributed by atoms with Crippen molar-refractivity contribution >= 4 is 11.9 Å². The molecule has 0 saturated heterocycles. The molecule has 2 rings (SSSR count). The molecule has 1 aromatic carbocycles. The fourth-order valence-corrected chi connectivity index (χ4v) is 2.11. The second kappa shape index (κ2) is 6.85. The molecule has 0 aliphatic carbocycles. The van der Waals surface area contributed by atoms with Gasteiger partial charge in [-0.25, -0.2) is 4.79 Å². The zero-order valence-electron chi connectivity index (χ0n) is 12.5. The fourth-order valence-electron chi connectivity index (χ4n) is 2.11. The van der Waals surface area contributed by atoms with Crippen LogP contribution in [0.2, 0.25) is 0 Å². The van der Waals surface area contributed by atoms with Crippen molar-refractivity contribution in [2.75, 3.05) is 0 Å². The highest BCUT2D eigenvalue weighted by molar-refractivity contribution is 5.96. The van der Waals surface area contributed by atoms with Gasteiger partial charge in [0.25, 0.3) is 5.91 Å². The summed E-state index contributed by atoms with van der Waals surface area (Å²) in [6.07, 6.45) is 3.23. The molecule has 114 valence electrons. The van der Waals surface area contributed by atoms with Crippen molar-refractivity contribution in [2.45, 2.75) is 26.3 Å². The molecular weight excluding hydrogens is 280 g/mol. The number of benzene rings is 1. The van der Waals surface area contributed by atoms with Gasteiger partial charge in [-0.1, -0.05) is 18.2 Å². The summed E-state index contributed by atoms with van der Waals surface area (Å²) in [6, 6.07) is 7.91. The maximum Gasteiger partial charge on any atom is 0.326 e. The highest BCUT2D eigenvalue weighted by atomic mass is 16.4. The molecule has 0 unspecified atom stereocenters. The number of aryl methyl sites for hydroxylation is 2. The molecule has 0 radical (unpaired) electrons. The van der Waals surface area contributed by atoms with Crippen LogP contribution in [0.15, 0.2) is 42.7 Å². The molecule has 5 nitrogen and oxygen atoms in total.